The van der Waals surface area contributed by atoms with Crippen molar-refractivity contribution in [2.75, 3.05) is 33.9 Å². The summed E-state index contributed by atoms with van der Waals surface area (Å²) >= 11 is 0. The first-order valence-electron chi connectivity index (χ1n) is 7.39. The topological polar surface area (TPSA) is 62.2 Å². The monoisotopic (exact) mass is 293 g/mol. The highest BCUT2D eigenvalue weighted by molar-refractivity contribution is 6.59. The molecule has 2 rings (SSSR count). The lowest BCUT2D eigenvalue weighted by Crippen LogP contribution is -2.35. The van der Waals surface area contributed by atoms with Crippen LogP contribution in [-0.4, -0.2) is 56.0 Å². The van der Waals surface area contributed by atoms with Gasteiger partial charge in [-0.1, -0.05) is 6.07 Å². The van der Waals surface area contributed by atoms with E-state index in [2.05, 4.69) is 4.90 Å². The predicted molar refractivity (Wildman–Crippen MR) is 82.7 cm³/mol. The number of hydrogen-bond donors (Lipinski definition) is 2. The maximum atomic E-state index is 9.43. The fourth-order valence-corrected chi connectivity index (χ4v) is 2.22. The molecule has 1 fully saturated rings. The molecule has 0 radical (unpaired) electrons. The van der Waals surface area contributed by atoms with Gasteiger partial charge in [0, 0.05) is 19.7 Å². The molecule has 1 aliphatic carbocycles. The van der Waals surface area contributed by atoms with Crippen LogP contribution in [-0.2, 0) is 11.3 Å². The van der Waals surface area contributed by atoms with Crippen LogP contribution in [0.2, 0.25) is 0 Å². The summed E-state index contributed by atoms with van der Waals surface area (Å²) in [4.78, 5) is 2.10. The zero-order valence-electron chi connectivity index (χ0n) is 12.8. The van der Waals surface area contributed by atoms with E-state index in [1.54, 1.807) is 19.2 Å². The van der Waals surface area contributed by atoms with Gasteiger partial charge in [0.05, 0.1) is 13.7 Å². The lowest BCUT2D eigenvalue weighted by molar-refractivity contribution is 0.102. The Morgan fingerprint density at radius 1 is 1.33 bits per heavy atom. The molecule has 0 amide bonds. The van der Waals surface area contributed by atoms with Crippen LogP contribution in [0.15, 0.2) is 18.2 Å². The van der Waals surface area contributed by atoms with Gasteiger partial charge in [0.1, 0.15) is 5.75 Å². The highest BCUT2D eigenvalue weighted by Gasteiger charge is 2.21. The lowest BCUT2D eigenvalue weighted by Gasteiger charge is -2.19. The van der Waals surface area contributed by atoms with Crippen LogP contribution in [0.1, 0.15) is 18.4 Å². The highest BCUT2D eigenvalue weighted by atomic mass is 16.5. The van der Waals surface area contributed by atoms with E-state index in [4.69, 9.17) is 9.47 Å². The molecule has 0 atom stereocenters. The first-order chi connectivity index (χ1) is 10.1. The van der Waals surface area contributed by atoms with Crippen molar-refractivity contribution in [3.8, 4) is 5.75 Å². The molecule has 0 unspecified atom stereocenters. The van der Waals surface area contributed by atoms with Crippen LogP contribution in [0.25, 0.3) is 0 Å². The highest BCUT2D eigenvalue weighted by Crippen LogP contribution is 2.28. The van der Waals surface area contributed by atoms with Crippen molar-refractivity contribution < 1.29 is 19.5 Å². The third-order valence-corrected chi connectivity index (χ3v) is 3.74. The smallest absolute Gasteiger partial charge is 0.488 e. The Kier molecular flexibility index (Phi) is 6.05. The van der Waals surface area contributed by atoms with Gasteiger partial charge < -0.3 is 19.5 Å². The molecule has 116 valence electrons. The minimum atomic E-state index is -1.47. The van der Waals surface area contributed by atoms with E-state index < -0.39 is 7.12 Å². The third-order valence-electron chi connectivity index (χ3n) is 3.74. The van der Waals surface area contributed by atoms with Gasteiger partial charge in [0.15, 0.2) is 0 Å². The number of methoxy groups -OCH3 is 1. The van der Waals surface area contributed by atoms with Gasteiger partial charge in [-0.15, -0.1) is 0 Å². The first kappa shape index (κ1) is 16.3. The molecule has 1 aromatic carbocycles. The van der Waals surface area contributed by atoms with Crippen LogP contribution in [0.4, 0.5) is 0 Å². The Balaban J connectivity index is 1.86. The van der Waals surface area contributed by atoms with Gasteiger partial charge in [-0.3, -0.25) is 4.90 Å². The quantitative estimate of drug-likeness (QED) is 0.504. The molecule has 0 aromatic heterocycles. The minimum Gasteiger partial charge on any atom is -0.497 e. The maximum absolute atomic E-state index is 9.43. The Hall–Kier alpha value is -1.08. The molecule has 0 bridgehead atoms. The van der Waals surface area contributed by atoms with Gasteiger partial charge >= 0.3 is 7.12 Å². The predicted octanol–water partition coefficient (Wildman–Crippen LogP) is 0.233. The van der Waals surface area contributed by atoms with Gasteiger partial charge in [-0.2, -0.15) is 0 Å². The molecule has 0 spiro atoms. The number of benzene rings is 1. The van der Waals surface area contributed by atoms with Crippen LogP contribution < -0.4 is 10.2 Å². The van der Waals surface area contributed by atoms with E-state index in [-0.39, 0.29) is 0 Å². The zero-order valence-corrected chi connectivity index (χ0v) is 12.8. The lowest BCUT2D eigenvalue weighted by atomic mass is 9.77. The largest absolute Gasteiger partial charge is 0.497 e. The first-order valence-corrected chi connectivity index (χ1v) is 7.39. The summed E-state index contributed by atoms with van der Waals surface area (Å²) in [5.41, 5.74) is 1.37. The van der Waals surface area contributed by atoms with Crippen molar-refractivity contribution in [3.05, 3.63) is 23.8 Å². The van der Waals surface area contributed by atoms with Crippen molar-refractivity contribution >= 4 is 12.6 Å². The fraction of sp³-hybridized carbons (Fsp3) is 0.600. The van der Waals surface area contributed by atoms with Crippen LogP contribution in [0.3, 0.4) is 0 Å². The molecule has 1 saturated carbocycles. The number of likely N-dealkylation sites (N-methyl/N-ethyl adjacent to an activating group) is 1. The Morgan fingerprint density at radius 3 is 2.71 bits per heavy atom. The molecule has 6 heteroatoms. The minimum absolute atomic E-state index is 0.515. The Labute approximate surface area is 126 Å². The SMILES string of the molecule is COc1ccc(B(O)O)c(CN(C)CCOCC2CC2)c1. The van der Waals surface area contributed by atoms with E-state index in [0.717, 1.165) is 24.6 Å². The van der Waals surface area contributed by atoms with E-state index in [1.165, 1.54) is 12.8 Å². The van der Waals surface area contributed by atoms with Gasteiger partial charge in [0.2, 0.25) is 0 Å². The second kappa shape index (κ2) is 7.80. The summed E-state index contributed by atoms with van der Waals surface area (Å²) < 4.78 is 10.8. The summed E-state index contributed by atoms with van der Waals surface area (Å²) in [6, 6.07) is 5.27. The molecule has 0 heterocycles. The average Bonchev–Trinajstić information content (AvgIpc) is 3.27. The van der Waals surface area contributed by atoms with Crippen molar-refractivity contribution in [1.82, 2.24) is 4.90 Å². The van der Waals surface area contributed by atoms with E-state index in [1.807, 2.05) is 13.1 Å². The van der Waals surface area contributed by atoms with Crippen molar-refractivity contribution in [2.45, 2.75) is 19.4 Å². The second-order valence-electron chi connectivity index (χ2n) is 5.69. The normalized spacial score (nSPS) is 14.5. The Bertz CT molecular complexity index is 451. The van der Waals surface area contributed by atoms with Crippen LogP contribution in [0.5, 0.6) is 5.75 Å². The molecule has 2 N–H and O–H groups in total. The van der Waals surface area contributed by atoms with Gasteiger partial charge in [0.25, 0.3) is 0 Å². The molecule has 1 aromatic rings. The second-order valence-corrected chi connectivity index (χ2v) is 5.69. The van der Waals surface area contributed by atoms with Crippen LogP contribution >= 0.6 is 0 Å². The molecular weight excluding hydrogens is 269 g/mol. The van der Waals surface area contributed by atoms with E-state index in [0.29, 0.717) is 24.4 Å². The molecular formula is C15H24BNO4. The maximum Gasteiger partial charge on any atom is 0.488 e. The number of ether oxygens (including phenoxy) is 2. The van der Waals surface area contributed by atoms with Gasteiger partial charge in [-0.25, -0.2) is 0 Å². The molecule has 1 aliphatic rings. The van der Waals surface area contributed by atoms with Gasteiger partial charge in [-0.05, 0) is 49.0 Å². The average molecular weight is 293 g/mol. The summed E-state index contributed by atoms with van der Waals surface area (Å²) in [6.07, 6.45) is 2.61. The number of nitrogens with zero attached hydrogens (tertiary/aromatic N) is 1. The Morgan fingerprint density at radius 2 is 2.10 bits per heavy atom. The summed E-state index contributed by atoms with van der Waals surface area (Å²) in [7, 11) is 2.13. The summed E-state index contributed by atoms with van der Waals surface area (Å²) in [5.74, 6) is 1.50. The number of rotatable bonds is 9. The van der Waals surface area contributed by atoms with E-state index in [9.17, 15) is 10.0 Å². The molecule has 5 nitrogen and oxygen atoms in total. The molecule has 21 heavy (non-hydrogen) atoms. The molecule has 0 saturated heterocycles. The number of hydrogen-bond acceptors (Lipinski definition) is 5. The third kappa shape index (κ3) is 5.32. The van der Waals surface area contributed by atoms with Crippen molar-refractivity contribution in [3.63, 3.8) is 0 Å². The van der Waals surface area contributed by atoms with Crippen LogP contribution in [0, 0.1) is 5.92 Å². The standard InChI is InChI=1S/C15H24BNO4/c1-17(7-8-21-11-12-3-4-12)10-13-9-14(20-2)5-6-15(13)16(18)19/h5-6,9,12,18-19H,3-4,7-8,10-11H2,1-2H3. The summed E-state index contributed by atoms with van der Waals surface area (Å²) in [5, 5.41) is 18.9. The van der Waals surface area contributed by atoms with Crippen molar-refractivity contribution in [1.29, 1.82) is 0 Å². The van der Waals surface area contributed by atoms with Crippen molar-refractivity contribution in [2.24, 2.45) is 5.92 Å². The fourth-order valence-electron chi connectivity index (χ4n) is 2.22. The van der Waals surface area contributed by atoms with E-state index >= 15 is 0 Å². The molecule has 0 aliphatic heterocycles. The zero-order chi connectivity index (χ0) is 15.2. The summed E-state index contributed by atoms with van der Waals surface area (Å²) in [6.45, 7) is 3.00.